The molecule has 0 saturated carbocycles. The summed E-state index contributed by atoms with van der Waals surface area (Å²) in [5.41, 5.74) is 7.98. The van der Waals surface area contributed by atoms with Crippen molar-refractivity contribution in [2.24, 2.45) is 5.73 Å². The average Bonchev–Trinajstić information content (AvgIpc) is 3.55. The molecule has 11 heteroatoms. The Kier molecular flexibility index (Phi) is 7.66. The fourth-order valence-corrected chi connectivity index (χ4v) is 5.12. The maximum atomic E-state index is 13.1. The van der Waals surface area contributed by atoms with Crippen molar-refractivity contribution in [2.45, 2.75) is 19.4 Å². The standard InChI is InChI=1S/C27H34N6O5/c1-18-3-8-22-23(24(25(28)34)38-26(22)29-18)30-27(35)33-10-9-20(17-33)32-13-11-31(12-14-32)19-4-6-21(7-5-19)37-16-15-36-2/h3-8,20H,9-17H2,1-2H3,(H2,28,34)(H,30,35)/t20-/m1/s1. The Morgan fingerprint density at radius 3 is 2.55 bits per heavy atom. The Hall–Kier alpha value is -3.83. The summed E-state index contributed by atoms with van der Waals surface area (Å²) in [6.45, 7) is 7.88. The number of benzene rings is 1. The van der Waals surface area contributed by atoms with E-state index in [0.29, 0.717) is 37.7 Å². The summed E-state index contributed by atoms with van der Waals surface area (Å²) in [5.74, 6) is 0.000718. The molecule has 2 saturated heterocycles. The lowest BCUT2D eigenvalue weighted by molar-refractivity contribution is 0.0976. The minimum absolute atomic E-state index is 0.0899. The summed E-state index contributed by atoms with van der Waals surface area (Å²) in [6.07, 6.45) is 0.899. The van der Waals surface area contributed by atoms with Crippen molar-refractivity contribution in [3.63, 3.8) is 0 Å². The van der Waals surface area contributed by atoms with Crippen molar-refractivity contribution in [1.82, 2.24) is 14.8 Å². The van der Waals surface area contributed by atoms with Gasteiger partial charge in [-0.2, -0.15) is 0 Å². The second-order valence-corrected chi connectivity index (χ2v) is 9.65. The van der Waals surface area contributed by atoms with Gasteiger partial charge in [-0.1, -0.05) is 0 Å². The predicted octanol–water partition coefficient (Wildman–Crippen LogP) is 2.69. The number of primary amides is 1. The number of carbonyl (C=O) groups excluding carboxylic acids is 2. The zero-order valence-electron chi connectivity index (χ0n) is 21.8. The molecule has 3 amide bonds. The Morgan fingerprint density at radius 1 is 1.08 bits per heavy atom. The van der Waals surface area contributed by atoms with Gasteiger partial charge in [-0.25, -0.2) is 9.78 Å². The van der Waals surface area contributed by atoms with Gasteiger partial charge in [-0.15, -0.1) is 0 Å². The number of carbonyl (C=O) groups is 2. The number of piperazine rings is 1. The zero-order chi connectivity index (χ0) is 26.6. The number of rotatable bonds is 8. The first-order chi connectivity index (χ1) is 18.4. The fraction of sp³-hybridized carbons (Fsp3) is 0.444. The van der Waals surface area contributed by atoms with E-state index in [1.807, 2.05) is 19.1 Å². The molecule has 0 radical (unpaired) electrons. The van der Waals surface area contributed by atoms with Crippen LogP contribution >= 0.6 is 0 Å². The highest BCUT2D eigenvalue weighted by Crippen LogP contribution is 2.31. The molecule has 38 heavy (non-hydrogen) atoms. The van der Waals surface area contributed by atoms with Crippen LogP contribution in [0.4, 0.5) is 16.2 Å². The first-order valence-corrected chi connectivity index (χ1v) is 12.9. The Labute approximate surface area is 221 Å². The van der Waals surface area contributed by atoms with Crippen LogP contribution in [-0.2, 0) is 4.74 Å². The van der Waals surface area contributed by atoms with Gasteiger partial charge in [-0.05, 0) is 49.7 Å². The van der Waals surface area contributed by atoms with Gasteiger partial charge >= 0.3 is 6.03 Å². The van der Waals surface area contributed by atoms with E-state index in [-0.39, 0.29) is 23.2 Å². The maximum absolute atomic E-state index is 13.1. The third kappa shape index (κ3) is 5.53. The molecule has 2 aliphatic heterocycles. The summed E-state index contributed by atoms with van der Waals surface area (Å²) in [4.78, 5) is 36.0. The number of fused-ring (bicyclic) bond motifs is 1. The van der Waals surface area contributed by atoms with Gasteiger partial charge in [-0.3, -0.25) is 9.69 Å². The molecule has 0 bridgehead atoms. The number of ether oxygens (including phenoxy) is 2. The monoisotopic (exact) mass is 522 g/mol. The quantitative estimate of drug-likeness (QED) is 0.433. The third-order valence-corrected chi connectivity index (χ3v) is 7.19. The number of pyridine rings is 1. The number of hydrogen-bond acceptors (Lipinski definition) is 8. The van der Waals surface area contributed by atoms with E-state index in [9.17, 15) is 9.59 Å². The minimum Gasteiger partial charge on any atom is -0.491 e. The molecule has 0 spiro atoms. The molecular weight excluding hydrogens is 488 g/mol. The first kappa shape index (κ1) is 25.8. The number of hydrogen-bond donors (Lipinski definition) is 2. The maximum Gasteiger partial charge on any atom is 0.322 e. The molecule has 5 rings (SSSR count). The molecule has 0 unspecified atom stereocenters. The second-order valence-electron chi connectivity index (χ2n) is 9.65. The van der Waals surface area contributed by atoms with E-state index in [1.165, 1.54) is 5.69 Å². The highest BCUT2D eigenvalue weighted by molar-refractivity contribution is 6.09. The molecule has 3 aromatic rings. The lowest BCUT2D eigenvalue weighted by Crippen LogP contribution is -2.51. The molecule has 1 atom stereocenters. The van der Waals surface area contributed by atoms with E-state index >= 15 is 0 Å². The number of aryl methyl sites for hydroxylation is 1. The highest BCUT2D eigenvalue weighted by Gasteiger charge is 2.33. The number of urea groups is 1. The van der Waals surface area contributed by atoms with Crippen molar-refractivity contribution < 1.29 is 23.5 Å². The lowest BCUT2D eigenvalue weighted by Gasteiger charge is -2.39. The first-order valence-electron chi connectivity index (χ1n) is 12.9. The van der Waals surface area contributed by atoms with Gasteiger partial charge < -0.3 is 34.7 Å². The number of anilines is 2. The molecule has 4 heterocycles. The molecule has 11 nitrogen and oxygen atoms in total. The SMILES string of the molecule is COCCOc1ccc(N2CCN([C@@H]3CCN(C(=O)Nc4c(C(N)=O)oc5nc(C)ccc45)C3)CC2)cc1. The lowest BCUT2D eigenvalue weighted by atomic mass is 10.1. The van der Waals surface area contributed by atoms with E-state index in [4.69, 9.17) is 19.6 Å². The zero-order valence-corrected chi connectivity index (χ0v) is 21.8. The van der Waals surface area contributed by atoms with Crippen LogP contribution in [0.15, 0.2) is 40.8 Å². The van der Waals surface area contributed by atoms with Crippen LogP contribution in [0.3, 0.4) is 0 Å². The normalized spacial score (nSPS) is 18.2. The van der Waals surface area contributed by atoms with E-state index in [1.54, 1.807) is 24.1 Å². The second kappa shape index (κ2) is 11.3. The molecule has 1 aromatic carbocycles. The Bertz CT molecular complexity index is 1290. The molecular formula is C27H34N6O5. The molecule has 202 valence electrons. The number of furan rings is 1. The molecule has 3 N–H and O–H groups in total. The number of aromatic nitrogens is 1. The smallest absolute Gasteiger partial charge is 0.322 e. The summed E-state index contributed by atoms with van der Waals surface area (Å²) < 4.78 is 16.2. The Balaban J connectivity index is 1.15. The van der Waals surface area contributed by atoms with Gasteiger partial charge in [0.15, 0.2) is 0 Å². The largest absolute Gasteiger partial charge is 0.491 e. The van der Waals surface area contributed by atoms with Crippen LogP contribution in [0.2, 0.25) is 0 Å². The van der Waals surface area contributed by atoms with Crippen LogP contribution < -0.4 is 20.7 Å². The third-order valence-electron chi connectivity index (χ3n) is 7.19. The number of methoxy groups -OCH3 is 1. The Morgan fingerprint density at radius 2 is 1.84 bits per heavy atom. The number of likely N-dealkylation sites (tertiary alicyclic amines) is 1. The summed E-state index contributed by atoms with van der Waals surface area (Å²) in [7, 11) is 1.66. The number of amides is 3. The summed E-state index contributed by atoms with van der Waals surface area (Å²) >= 11 is 0. The van der Waals surface area contributed by atoms with Crippen molar-refractivity contribution in [1.29, 1.82) is 0 Å². The molecule has 2 fully saturated rings. The van der Waals surface area contributed by atoms with Crippen LogP contribution in [0.5, 0.6) is 5.75 Å². The number of nitrogens with two attached hydrogens (primary N) is 1. The minimum atomic E-state index is -0.749. The van der Waals surface area contributed by atoms with Gasteiger partial charge in [0.2, 0.25) is 11.5 Å². The fourth-order valence-electron chi connectivity index (χ4n) is 5.12. The van der Waals surface area contributed by atoms with E-state index < -0.39 is 5.91 Å². The average molecular weight is 523 g/mol. The molecule has 2 aliphatic rings. The van der Waals surface area contributed by atoms with Gasteiger partial charge in [0, 0.05) is 63.8 Å². The van der Waals surface area contributed by atoms with E-state index in [2.05, 4.69) is 32.2 Å². The van der Waals surface area contributed by atoms with Crippen LogP contribution in [0.25, 0.3) is 11.1 Å². The van der Waals surface area contributed by atoms with Crippen molar-refractivity contribution in [3.8, 4) is 5.75 Å². The highest BCUT2D eigenvalue weighted by atomic mass is 16.5. The summed E-state index contributed by atoms with van der Waals surface area (Å²) in [6, 6.07) is 11.8. The predicted molar refractivity (Wildman–Crippen MR) is 144 cm³/mol. The number of nitrogens with zero attached hydrogens (tertiary/aromatic N) is 4. The van der Waals surface area contributed by atoms with Gasteiger partial charge in [0.05, 0.1) is 12.0 Å². The van der Waals surface area contributed by atoms with Gasteiger partial charge in [0.1, 0.15) is 18.0 Å². The summed E-state index contributed by atoms with van der Waals surface area (Å²) in [5, 5.41) is 3.41. The van der Waals surface area contributed by atoms with Crippen LogP contribution in [-0.4, -0.2) is 92.4 Å². The van der Waals surface area contributed by atoms with Crippen molar-refractivity contribution >= 4 is 34.4 Å². The van der Waals surface area contributed by atoms with Gasteiger partial charge in [0.25, 0.3) is 5.91 Å². The molecule has 2 aromatic heterocycles. The number of nitrogens with one attached hydrogen (secondary N) is 1. The van der Waals surface area contributed by atoms with E-state index in [0.717, 1.165) is 44.0 Å². The topological polar surface area (TPSA) is 126 Å². The van der Waals surface area contributed by atoms with Crippen molar-refractivity contribution in [3.05, 3.63) is 47.9 Å². The molecule has 0 aliphatic carbocycles. The van der Waals surface area contributed by atoms with Crippen LogP contribution in [0.1, 0.15) is 22.7 Å². The van der Waals surface area contributed by atoms with Crippen molar-refractivity contribution in [2.75, 3.05) is 69.8 Å². The van der Waals surface area contributed by atoms with Crippen LogP contribution in [0, 0.1) is 6.92 Å².